The first kappa shape index (κ1) is 12.0. The minimum atomic E-state index is -0.0666. The molecule has 0 heterocycles. The number of ether oxygens (including phenoxy) is 2. The fourth-order valence-corrected chi connectivity index (χ4v) is 1.34. The zero-order valence-corrected chi connectivity index (χ0v) is 9.57. The van der Waals surface area contributed by atoms with Crippen molar-refractivity contribution in [3.8, 4) is 5.75 Å². The SMILES string of the molecule is COCC(N)c1ccc(OC(C)C)cc1. The third kappa shape index (κ3) is 3.90. The molecule has 0 saturated carbocycles. The number of rotatable bonds is 5. The van der Waals surface area contributed by atoms with E-state index in [2.05, 4.69) is 0 Å². The van der Waals surface area contributed by atoms with Crippen molar-refractivity contribution in [1.29, 1.82) is 0 Å². The largest absolute Gasteiger partial charge is 0.491 e. The van der Waals surface area contributed by atoms with Gasteiger partial charge in [0.25, 0.3) is 0 Å². The third-order valence-electron chi connectivity index (χ3n) is 2.03. The van der Waals surface area contributed by atoms with E-state index in [1.165, 1.54) is 0 Å². The van der Waals surface area contributed by atoms with E-state index in [9.17, 15) is 0 Å². The van der Waals surface area contributed by atoms with Crippen molar-refractivity contribution in [2.24, 2.45) is 5.73 Å². The standard InChI is InChI=1S/C12H19NO2/c1-9(2)15-11-6-4-10(5-7-11)12(13)8-14-3/h4-7,9,12H,8,13H2,1-3H3. The van der Waals surface area contributed by atoms with Crippen LogP contribution in [-0.4, -0.2) is 19.8 Å². The van der Waals surface area contributed by atoms with E-state index in [0.717, 1.165) is 11.3 Å². The molecule has 1 atom stereocenters. The lowest BCUT2D eigenvalue weighted by Crippen LogP contribution is -2.16. The topological polar surface area (TPSA) is 44.5 Å². The van der Waals surface area contributed by atoms with Gasteiger partial charge in [0.1, 0.15) is 5.75 Å². The van der Waals surface area contributed by atoms with E-state index in [1.807, 2.05) is 38.1 Å². The maximum Gasteiger partial charge on any atom is 0.119 e. The van der Waals surface area contributed by atoms with Crippen LogP contribution in [0.4, 0.5) is 0 Å². The molecule has 0 radical (unpaired) electrons. The molecule has 0 aliphatic heterocycles. The van der Waals surface area contributed by atoms with Gasteiger partial charge in [-0.05, 0) is 31.5 Å². The summed E-state index contributed by atoms with van der Waals surface area (Å²) >= 11 is 0. The molecule has 15 heavy (non-hydrogen) atoms. The molecule has 1 unspecified atom stereocenters. The van der Waals surface area contributed by atoms with Gasteiger partial charge >= 0.3 is 0 Å². The average Bonchev–Trinajstić information content (AvgIpc) is 2.18. The molecule has 0 aromatic heterocycles. The highest BCUT2D eigenvalue weighted by Gasteiger charge is 2.05. The molecular weight excluding hydrogens is 190 g/mol. The van der Waals surface area contributed by atoms with Gasteiger partial charge < -0.3 is 15.2 Å². The van der Waals surface area contributed by atoms with Crippen LogP contribution in [0.25, 0.3) is 0 Å². The van der Waals surface area contributed by atoms with E-state index < -0.39 is 0 Å². The normalized spacial score (nSPS) is 12.9. The summed E-state index contributed by atoms with van der Waals surface area (Å²) in [4.78, 5) is 0. The zero-order chi connectivity index (χ0) is 11.3. The van der Waals surface area contributed by atoms with E-state index in [-0.39, 0.29) is 12.1 Å². The monoisotopic (exact) mass is 209 g/mol. The number of nitrogens with two attached hydrogens (primary N) is 1. The lowest BCUT2D eigenvalue weighted by molar-refractivity contribution is 0.181. The van der Waals surface area contributed by atoms with E-state index >= 15 is 0 Å². The molecule has 1 aromatic rings. The van der Waals surface area contributed by atoms with Gasteiger partial charge in [-0.25, -0.2) is 0 Å². The van der Waals surface area contributed by atoms with Crippen molar-refractivity contribution >= 4 is 0 Å². The predicted octanol–water partition coefficient (Wildman–Crippen LogP) is 2.12. The predicted molar refractivity (Wildman–Crippen MR) is 61.0 cm³/mol. The summed E-state index contributed by atoms with van der Waals surface area (Å²) in [6, 6.07) is 7.75. The van der Waals surface area contributed by atoms with Crippen LogP contribution >= 0.6 is 0 Å². The second kappa shape index (κ2) is 5.73. The molecule has 84 valence electrons. The summed E-state index contributed by atoms with van der Waals surface area (Å²) in [5.74, 6) is 0.873. The van der Waals surface area contributed by atoms with Gasteiger partial charge in [0.2, 0.25) is 0 Å². The molecule has 0 aliphatic rings. The van der Waals surface area contributed by atoms with Crippen LogP contribution < -0.4 is 10.5 Å². The first-order valence-electron chi connectivity index (χ1n) is 5.14. The number of hydrogen-bond donors (Lipinski definition) is 1. The zero-order valence-electron chi connectivity index (χ0n) is 9.57. The van der Waals surface area contributed by atoms with Gasteiger partial charge in [-0.3, -0.25) is 0 Å². The summed E-state index contributed by atoms with van der Waals surface area (Å²) in [5.41, 5.74) is 6.95. The molecule has 0 bridgehead atoms. The van der Waals surface area contributed by atoms with Gasteiger partial charge in [0, 0.05) is 7.11 Å². The fourth-order valence-electron chi connectivity index (χ4n) is 1.34. The van der Waals surface area contributed by atoms with E-state index in [4.69, 9.17) is 15.2 Å². The Kier molecular flexibility index (Phi) is 4.59. The van der Waals surface area contributed by atoms with Crippen LogP contribution in [0.2, 0.25) is 0 Å². The molecule has 1 rings (SSSR count). The Morgan fingerprint density at radius 3 is 2.27 bits per heavy atom. The molecule has 1 aromatic carbocycles. The minimum absolute atomic E-state index is 0.0666. The van der Waals surface area contributed by atoms with Crippen LogP contribution in [0.15, 0.2) is 24.3 Å². The average molecular weight is 209 g/mol. The highest BCUT2D eigenvalue weighted by Crippen LogP contribution is 2.17. The Balaban J connectivity index is 2.63. The first-order valence-corrected chi connectivity index (χ1v) is 5.14. The Bertz CT molecular complexity index is 282. The van der Waals surface area contributed by atoms with Crippen LogP contribution in [0.3, 0.4) is 0 Å². The molecule has 0 aliphatic carbocycles. The molecule has 3 nitrogen and oxygen atoms in total. The smallest absolute Gasteiger partial charge is 0.119 e. The number of methoxy groups -OCH3 is 1. The summed E-state index contributed by atoms with van der Waals surface area (Å²) in [7, 11) is 1.65. The molecule has 0 amide bonds. The third-order valence-corrected chi connectivity index (χ3v) is 2.03. The van der Waals surface area contributed by atoms with Gasteiger partial charge in [0.15, 0.2) is 0 Å². The van der Waals surface area contributed by atoms with Crippen molar-refractivity contribution in [1.82, 2.24) is 0 Å². The second-order valence-corrected chi connectivity index (χ2v) is 3.80. The number of benzene rings is 1. The lowest BCUT2D eigenvalue weighted by atomic mass is 10.1. The van der Waals surface area contributed by atoms with Gasteiger partial charge in [-0.1, -0.05) is 12.1 Å². The van der Waals surface area contributed by atoms with Crippen LogP contribution in [0, 0.1) is 0 Å². The number of hydrogen-bond acceptors (Lipinski definition) is 3. The summed E-state index contributed by atoms with van der Waals surface area (Å²) in [6.45, 7) is 4.54. The van der Waals surface area contributed by atoms with E-state index in [1.54, 1.807) is 7.11 Å². The minimum Gasteiger partial charge on any atom is -0.491 e. The van der Waals surface area contributed by atoms with Gasteiger partial charge in [-0.15, -0.1) is 0 Å². The van der Waals surface area contributed by atoms with Crippen molar-refractivity contribution < 1.29 is 9.47 Å². The Labute approximate surface area is 91.2 Å². The molecule has 2 N–H and O–H groups in total. The maximum absolute atomic E-state index is 5.89. The Hall–Kier alpha value is -1.06. The second-order valence-electron chi connectivity index (χ2n) is 3.80. The quantitative estimate of drug-likeness (QED) is 0.807. The van der Waals surface area contributed by atoms with Crippen LogP contribution in [-0.2, 0) is 4.74 Å². The van der Waals surface area contributed by atoms with Crippen molar-refractivity contribution in [3.05, 3.63) is 29.8 Å². The molecular formula is C12H19NO2. The van der Waals surface area contributed by atoms with Gasteiger partial charge in [0.05, 0.1) is 18.8 Å². The highest BCUT2D eigenvalue weighted by molar-refractivity contribution is 5.29. The molecule has 0 fully saturated rings. The van der Waals surface area contributed by atoms with Crippen molar-refractivity contribution in [2.75, 3.05) is 13.7 Å². The molecule has 3 heteroatoms. The van der Waals surface area contributed by atoms with Crippen LogP contribution in [0.5, 0.6) is 5.75 Å². The highest BCUT2D eigenvalue weighted by atomic mass is 16.5. The van der Waals surface area contributed by atoms with Crippen molar-refractivity contribution in [2.45, 2.75) is 26.0 Å². The summed E-state index contributed by atoms with van der Waals surface area (Å²) in [5, 5.41) is 0. The Morgan fingerprint density at radius 2 is 1.80 bits per heavy atom. The lowest BCUT2D eigenvalue weighted by Gasteiger charge is -2.13. The summed E-state index contributed by atoms with van der Waals surface area (Å²) < 4.78 is 10.5. The van der Waals surface area contributed by atoms with Gasteiger partial charge in [-0.2, -0.15) is 0 Å². The van der Waals surface area contributed by atoms with Crippen LogP contribution in [0.1, 0.15) is 25.5 Å². The summed E-state index contributed by atoms with van der Waals surface area (Å²) in [6.07, 6.45) is 0.198. The molecule has 0 spiro atoms. The Morgan fingerprint density at radius 1 is 1.20 bits per heavy atom. The molecule has 0 saturated heterocycles. The fraction of sp³-hybridized carbons (Fsp3) is 0.500. The van der Waals surface area contributed by atoms with E-state index in [0.29, 0.717) is 6.61 Å². The maximum atomic E-state index is 5.89. The van der Waals surface area contributed by atoms with Crippen molar-refractivity contribution in [3.63, 3.8) is 0 Å². The first-order chi connectivity index (χ1) is 7.13.